The first-order valence-corrected chi connectivity index (χ1v) is 5.31. The largest absolute Gasteiger partial charge is 0.299 e. The number of carbonyl (C=O) groups excluding carboxylic acids is 1. The van der Waals surface area contributed by atoms with Crippen molar-refractivity contribution in [3.8, 4) is 0 Å². The Morgan fingerprint density at radius 3 is 2.38 bits per heavy atom. The molecule has 1 aromatic carbocycles. The van der Waals surface area contributed by atoms with Crippen LogP contribution in [0.4, 0.5) is 0 Å². The van der Waals surface area contributed by atoms with Crippen molar-refractivity contribution in [2.45, 2.75) is 17.1 Å². The SMILES string of the molecule is CC(=O)[C@@H](Br)[C@H](Cl)c1ccccc1. The van der Waals surface area contributed by atoms with Crippen LogP contribution in [-0.4, -0.2) is 10.6 Å². The average molecular weight is 262 g/mol. The molecule has 70 valence electrons. The van der Waals surface area contributed by atoms with E-state index >= 15 is 0 Å². The molecule has 0 saturated carbocycles. The lowest BCUT2D eigenvalue weighted by molar-refractivity contribution is -0.116. The van der Waals surface area contributed by atoms with Crippen LogP contribution in [0.1, 0.15) is 17.9 Å². The smallest absolute Gasteiger partial charge is 0.145 e. The van der Waals surface area contributed by atoms with E-state index in [1.807, 2.05) is 30.3 Å². The first-order chi connectivity index (χ1) is 6.13. The van der Waals surface area contributed by atoms with Crippen LogP contribution in [0.5, 0.6) is 0 Å². The van der Waals surface area contributed by atoms with Crippen molar-refractivity contribution < 1.29 is 4.79 Å². The molecule has 0 bridgehead atoms. The summed E-state index contributed by atoms with van der Waals surface area (Å²) in [5.74, 6) is 0.0452. The number of rotatable bonds is 3. The molecular weight excluding hydrogens is 251 g/mol. The van der Waals surface area contributed by atoms with Gasteiger partial charge < -0.3 is 0 Å². The van der Waals surface area contributed by atoms with Gasteiger partial charge in [0.05, 0.1) is 10.2 Å². The predicted octanol–water partition coefficient (Wildman–Crippen LogP) is 3.32. The van der Waals surface area contributed by atoms with Gasteiger partial charge in [0.15, 0.2) is 0 Å². The van der Waals surface area contributed by atoms with E-state index < -0.39 is 0 Å². The first-order valence-electron chi connectivity index (χ1n) is 3.96. The van der Waals surface area contributed by atoms with Crippen molar-refractivity contribution in [1.29, 1.82) is 0 Å². The second kappa shape index (κ2) is 4.77. The summed E-state index contributed by atoms with van der Waals surface area (Å²) in [4.78, 5) is 10.7. The van der Waals surface area contributed by atoms with Gasteiger partial charge in [0, 0.05) is 0 Å². The van der Waals surface area contributed by atoms with Crippen LogP contribution in [0.3, 0.4) is 0 Å². The highest BCUT2D eigenvalue weighted by atomic mass is 79.9. The average Bonchev–Trinajstić information content (AvgIpc) is 2.17. The summed E-state index contributed by atoms with van der Waals surface area (Å²) in [7, 11) is 0. The minimum Gasteiger partial charge on any atom is -0.299 e. The molecule has 2 atom stereocenters. The fourth-order valence-corrected chi connectivity index (χ4v) is 1.64. The van der Waals surface area contributed by atoms with Crippen molar-refractivity contribution in [3.63, 3.8) is 0 Å². The molecule has 0 amide bonds. The first kappa shape index (κ1) is 10.7. The highest BCUT2D eigenvalue weighted by molar-refractivity contribution is 9.10. The minimum atomic E-state index is -0.309. The third-order valence-electron chi connectivity index (χ3n) is 1.76. The highest BCUT2D eigenvalue weighted by Crippen LogP contribution is 2.29. The molecule has 0 saturated heterocycles. The molecule has 0 aliphatic carbocycles. The molecule has 3 heteroatoms. The molecule has 0 heterocycles. The zero-order chi connectivity index (χ0) is 9.84. The Morgan fingerprint density at radius 1 is 1.38 bits per heavy atom. The molecule has 0 aromatic heterocycles. The molecular formula is C10H10BrClO. The number of carbonyl (C=O) groups is 1. The second-order valence-electron chi connectivity index (χ2n) is 2.82. The van der Waals surface area contributed by atoms with E-state index in [4.69, 9.17) is 11.6 Å². The quantitative estimate of drug-likeness (QED) is 0.763. The Labute approximate surface area is 91.2 Å². The van der Waals surface area contributed by atoms with E-state index in [1.165, 1.54) is 6.92 Å². The van der Waals surface area contributed by atoms with E-state index in [2.05, 4.69) is 15.9 Å². The topological polar surface area (TPSA) is 17.1 Å². The van der Waals surface area contributed by atoms with Gasteiger partial charge in [0.25, 0.3) is 0 Å². The molecule has 0 radical (unpaired) electrons. The van der Waals surface area contributed by atoms with Gasteiger partial charge >= 0.3 is 0 Å². The van der Waals surface area contributed by atoms with Gasteiger partial charge in [-0.3, -0.25) is 4.79 Å². The number of Topliss-reactive ketones (excluding diaryl/α,β-unsaturated/α-hetero) is 1. The second-order valence-corrected chi connectivity index (χ2v) is 4.28. The number of benzene rings is 1. The monoisotopic (exact) mass is 260 g/mol. The highest BCUT2D eigenvalue weighted by Gasteiger charge is 2.21. The van der Waals surface area contributed by atoms with Crippen LogP contribution in [0, 0.1) is 0 Å². The lowest BCUT2D eigenvalue weighted by Crippen LogP contribution is -2.15. The van der Waals surface area contributed by atoms with Gasteiger partial charge in [-0.05, 0) is 12.5 Å². The zero-order valence-electron chi connectivity index (χ0n) is 7.21. The van der Waals surface area contributed by atoms with Crippen molar-refractivity contribution in [3.05, 3.63) is 35.9 Å². The maximum atomic E-state index is 11.0. The number of halogens is 2. The normalized spacial score (nSPS) is 15.0. The fraction of sp³-hybridized carbons (Fsp3) is 0.300. The summed E-state index contributed by atoms with van der Waals surface area (Å²) >= 11 is 9.35. The summed E-state index contributed by atoms with van der Waals surface area (Å²) in [6, 6.07) is 9.56. The molecule has 1 aromatic rings. The fourth-order valence-electron chi connectivity index (χ4n) is 1.01. The zero-order valence-corrected chi connectivity index (χ0v) is 9.55. The lowest BCUT2D eigenvalue weighted by Gasteiger charge is -2.13. The van der Waals surface area contributed by atoms with Gasteiger partial charge in [-0.25, -0.2) is 0 Å². The van der Waals surface area contributed by atoms with E-state index in [-0.39, 0.29) is 16.0 Å². The molecule has 0 N–H and O–H groups in total. The summed E-state index contributed by atoms with van der Waals surface area (Å²) in [6.45, 7) is 1.53. The van der Waals surface area contributed by atoms with Crippen LogP contribution in [0.25, 0.3) is 0 Å². The molecule has 1 nitrogen and oxygen atoms in total. The number of ketones is 1. The number of alkyl halides is 2. The standard InChI is InChI=1S/C10H10BrClO/c1-7(13)9(11)10(12)8-5-3-2-4-6-8/h2-6,9-10H,1H3/t9-,10-/m1/s1. The van der Waals surface area contributed by atoms with Crippen molar-refractivity contribution in [1.82, 2.24) is 0 Å². The van der Waals surface area contributed by atoms with Gasteiger partial charge in [-0.2, -0.15) is 0 Å². The molecule has 0 aliphatic rings. The summed E-state index contributed by atoms with van der Waals surface area (Å²) < 4.78 is 0. The minimum absolute atomic E-state index is 0.0452. The van der Waals surface area contributed by atoms with Gasteiger partial charge in [0.2, 0.25) is 0 Å². The molecule has 13 heavy (non-hydrogen) atoms. The predicted molar refractivity (Wildman–Crippen MR) is 58.4 cm³/mol. The van der Waals surface area contributed by atoms with Gasteiger partial charge in [-0.1, -0.05) is 46.3 Å². The summed E-state index contributed by atoms with van der Waals surface area (Å²) in [5.41, 5.74) is 0.959. The lowest BCUT2D eigenvalue weighted by atomic mass is 10.1. The van der Waals surface area contributed by atoms with E-state index in [9.17, 15) is 4.79 Å². The Kier molecular flexibility index (Phi) is 3.94. The molecule has 1 rings (SSSR count). The van der Waals surface area contributed by atoms with Gasteiger partial charge in [0.1, 0.15) is 5.78 Å². The maximum absolute atomic E-state index is 11.0. The summed E-state index contributed by atoms with van der Waals surface area (Å²) in [5, 5.41) is -0.293. The number of hydrogen-bond donors (Lipinski definition) is 0. The maximum Gasteiger partial charge on any atom is 0.145 e. The molecule has 0 spiro atoms. The molecule has 0 unspecified atom stereocenters. The molecule has 0 fully saturated rings. The Morgan fingerprint density at radius 2 is 1.92 bits per heavy atom. The Bertz CT molecular complexity index is 286. The van der Waals surface area contributed by atoms with Crippen LogP contribution in [-0.2, 0) is 4.79 Å². The third-order valence-corrected chi connectivity index (χ3v) is 3.75. The van der Waals surface area contributed by atoms with Crippen LogP contribution < -0.4 is 0 Å². The van der Waals surface area contributed by atoms with E-state index in [1.54, 1.807) is 0 Å². The van der Waals surface area contributed by atoms with Crippen molar-refractivity contribution in [2.24, 2.45) is 0 Å². The van der Waals surface area contributed by atoms with Crippen LogP contribution in [0.15, 0.2) is 30.3 Å². The molecule has 0 aliphatic heterocycles. The Hall–Kier alpha value is -0.340. The van der Waals surface area contributed by atoms with Crippen LogP contribution >= 0.6 is 27.5 Å². The van der Waals surface area contributed by atoms with Crippen molar-refractivity contribution in [2.75, 3.05) is 0 Å². The van der Waals surface area contributed by atoms with E-state index in [0.717, 1.165) is 5.56 Å². The third kappa shape index (κ3) is 2.82. The van der Waals surface area contributed by atoms with Crippen LogP contribution in [0.2, 0.25) is 0 Å². The van der Waals surface area contributed by atoms with Gasteiger partial charge in [-0.15, -0.1) is 11.6 Å². The van der Waals surface area contributed by atoms with E-state index in [0.29, 0.717) is 0 Å². The summed E-state index contributed by atoms with van der Waals surface area (Å²) in [6.07, 6.45) is 0. The number of hydrogen-bond acceptors (Lipinski definition) is 1. The van der Waals surface area contributed by atoms with Crippen molar-refractivity contribution >= 4 is 33.3 Å². The Balaban J connectivity index is 2.79.